The van der Waals surface area contributed by atoms with Crippen molar-refractivity contribution < 1.29 is 38.9 Å². The van der Waals surface area contributed by atoms with Crippen LogP contribution >= 0.6 is 0 Å². The minimum absolute atomic E-state index is 0.113. The largest absolute Gasteiger partial charge is 0.394 e. The van der Waals surface area contributed by atoms with Crippen molar-refractivity contribution in [3.8, 4) is 0 Å². The van der Waals surface area contributed by atoms with E-state index in [1.54, 1.807) is 0 Å². The van der Waals surface area contributed by atoms with Gasteiger partial charge in [-0.1, -0.05) is 82.2 Å². The Kier molecular flexibility index (Phi) is 22.2. The highest BCUT2D eigenvalue weighted by Crippen LogP contribution is 2.34. The van der Waals surface area contributed by atoms with Crippen molar-refractivity contribution in [2.24, 2.45) is 17.8 Å². The summed E-state index contributed by atoms with van der Waals surface area (Å²) in [4.78, 5) is 53.5. The van der Waals surface area contributed by atoms with Crippen LogP contribution in [-0.4, -0.2) is 99.2 Å². The third kappa shape index (κ3) is 17.4. The van der Waals surface area contributed by atoms with Crippen LogP contribution in [0, 0.1) is 17.8 Å². The maximum Gasteiger partial charge on any atom is 0.242 e. The molecule has 0 saturated heterocycles. The number of aliphatic hydroxyl groups is 2. The van der Waals surface area contributed by atoms with Crippen LogP contribution in [-0.2, 0) is 35.1 Å². The van der Waals surface area contributed by atoms with Gasteiger partial charge < -0.3 is 41.0 Å². The lowest BCUT2D eigenvalue weighted by atomic mass is 9.74. The number of hydrogen-bond donors (Lipinski definition) is 6. The molecule has 0 heterocycles. The van der Waals surface area contributed by atoms with Gasteiger partial charge in [0.25, 0.3) is 0 Å². The smallest absolute Gasteiger partial charge is 0.242 e. The molecule has 0 aliphatic heterocycles. The summed E-state index contributed by atoms with van der Waals surface area (Å²) < 4.78 is 10.5. The van der Waals surface area contributed by atoms with Gasteiger partial charge in [-0.3, -0.25) is 19.2 Å². The molecule has 1 aliphatic carbocycles. The number of carbonyl (C=O) groups excluding carboxylic acids is 4. The molecular weight excluding hydrogens is 616 g/mol. The van der Waals surface area contributed by atoms with Gasteiger partial charge in [0, 0.05) is 43.8 Å². The Hall–Kier alpha value is -3.06. The molecule has 1 saturated carbocycles. The first-order valence-electron chi connectivity index (χ1n) is 17.9. The summed E-state index contributed by atoms with van der Waals surface area (Å²) in [6, 6.07) is 8.72. The fourth-order valence-electron chi connectivity index (χ4n) is 6.02. The molecular formula is C36H60N4O8. The summed E-state index contributed by atoms with van der Waals surface area (Å²) in [6.45, 7) is 3.80. The number of ether oxygens (including phenoxy) is 2. The number of rotatable bonds is 26. The molecule has 0 bridgehead atoms. The topological polar surface area (TPSA) is 175 Å². The number of hydrogen-bond acceptors (Lipinski definition) is 8. The maximum absolute atomic E-state index is 13.8. The average Bonchev–Trinajstić information content (AvgIpc) is 3.10. The first kappa shape index (κ1) is 41.1. The van der Waals surface area contributed by atoms with Gasteiger partial charge in [0.1, 0.15) is 6.04 Å². The molecule has 4 atom stereocenters. The van der Waals surface area contributed by atoms with Gasteiger partial charge >= 0.3 is 0 Å². The summed E-state index contributed by atoms with van der Waals surface area (Å²) in [7, 11) is 0. The minimum atomic E-state index is -0.803. The minimum Gasteiger partial charge on any atom is -0.394 e. The SMILES string of the molecule is CCCCCCCCCCNC(=O)[C@H](Cc1ccccc1)NC(=O)[C@@H]1C[C@H](C(=O)NCCOCCO)C[C@H](C(=O)NCCOCCO)C1. The van der Waals surface area contributed by atoms with E-state index >= 15 is 0 Å². The fraction of sp³-hybridized carbons (Fsp3) is 0.722. The van der Waals surface area contributed by atoms with E-state index in [4.69, 9.17) is 19.7 Å². The maximum atomic E-state index is 13.8. The van der Waals surface area contributed by atoms with Crippen LogP contribution < -0.4 is 21.3 Å². The highest BCUT2D eigenvalue weighted by molar-refractivity contribution is 5.90. The lowest BCUT2D eigenvalue weighted by molar-refractivity contribution is -0.137. The molecule has 0 radical (unpaired) electrons. The predicted molar refractivity (Wildman–Crippen MR) is 184 cm³/mol. The zero-order valence-corrected chi connectivity index (χ0v) is 28.9. The van der Waals surface area contributed by atoms with Crippen molar-refractivity contribution >= 4 is 23.6 Å². The van der Waals surface area contributed by atoms with Gasteiger partial charge in [0.05, 0.1) is 39.6 Å². The van der Waals surface area contributed by atoms with E-state index in [0.717, 1.165) is 24.8 Å². The van der Waals surface area contributed by atoms with E-state index in [-0.39, 0.29) is 95.6 Å². The summed E-state index contributed by atoms with van der Waals surface area (Å²) in [5.74, 6) is -2.97. The van der Waals surface area contributed by atoms with Gasteiger partial charge in [0.2, 0.25) is 23.6 Å². The van der Waals surface area contributed by atoms with Crippen LogP contribution in [0.25, 0.3) is 0 Å². The molecule has 0 aromatic heterocycles. The van der Waals surface area contributed by atoms with Crippen LogP contribution in [0.5, 0.6) is 0 Å². The second kappa shape index (κ2) is 25.9. The second-order valence-electron chi connectivity index (χ2n) is 12.6. The zero-order chi connectivity index (χ0) is 34.8. The molecule has 1 aromatic rings. The number of nitrogens with one attached hydrogen (secondary N) is 4. The fourth-order valence-corrected chi connectivity index (χ4v) is 6.02. The number of carbonyl (C=O) groups is 4. The van der Waals surface area contributed by atoms with E-state index in [0.29, 0.717) is 13.0 Å². The molecule has 0 spiro atoms. The Bertz CT molecular complexity index is 1010. The van der Waals surface area contributed by atoms with Gasteiger partial charge in [-0.25, -0.2) is 0 Å². The summed E-state index contributed by atoms with van der Waals surface area (Å²) in [5, 5.41) is 29.4. The Morgan fingerprint density at radius 2 is 1.17 bits per heavy atom. The molecule has 48 heavy (non-hydrogen) atoms. The van der Waals surface area contributed by atoms with Crippen LogP contribution in [0.1, 0.15) is 83.1 Å². The van der Waals surface area contributed by atoms with Gasteiger partial charge in [-0.2, -0.15) is 0 Å². The second-order valence-corrected chi connectivity index (χ2v) is 12.6. The normalized spacial score (nSPS) is 18.1. The molecule has 12 heteroatoms. The van der Waals surface area contributed by atoms with E-state index in [1.165, 1.54) is 32.1 Å². The van der Waals surface area contributed by atoms with E-state index in [2.05, 4.69) is 28.2 Å². The van der Waals surface area contributed by atoms with Crippen molar-refractivity contribution in [1.82, 2.24) is 21.3 Å². The first-order chi connectivity index (χ1) is 23.4. The lowest BCUT2D eigenvalue weighted by Gasteiger charge is -2.33. The van der Waals surface area contributed by atoms with Crippen LogP contribution in [0.15, 0.2) is 30.3 Å². The molecule has 12 nitrogen and oxygen atoms in total. The molecule has 6 N–H and O–H groups in total. The molecule has 1 aromatic carbocycles. The van der Waals surface area contributed by atoms with Crippen molar-refractivity contribution in [2.45, 2.75) is 90.0 Å². The number of aliphatic hydroxyl groups excluding tert-OH is 2. The molecule has 1 fully saturated rings. The van der Waals surface area contributed by atoms with Gasteiger partial charge in [0.15, 0.2) is 0 Å². The number of unbranched alkanes of at least 4 members (excludes halogenated alkanes) is 7. The molecule has 4 amide bonds. The molecule has 2 rings (SSSR count). The van der Waals surface area contributed by atoms with E-state index < -0.39 is 23.8 Å². The number of amides is 4. The summed E-state index contributed by atoms with van der Waals surface area (Å²) in [6.07, 6.45) is 10.4. The van der Waals surface area contributed by atoms with Crippen molar-refractivity contribution in [1.29, 1.82) is 0 Å². The standard InChI is InChI=1S/C36H60N4O8/c1-2-3-4-5-6-7-8-12-15-37-36(46)32(24-28-13-10-9-11-14-28)40-35(45)31-26-29(33(43)38-16-20-47-22-18-41)25-30(27-31)34(44)39-17-21-48-23-19-42/h9-11,13-14,29-32,41-42H,2-8,12,15-27H2,1H3,(H,37,46)(H,38,43)(H,39,44)(H,40,45)/t29-,30+,31-,32-/m0/s1. The average molecular weight is 677 g/mol. The Balaban J connectivity index is 2.05. The van der Waals surface area contributed by atoms with Crippen LogP contribution in [0.3, 0.4) is 0 Å². The number of benzene rings is 1. The highest BCUT2D eigenvalue weighted by Gasteiger charge is 2.39. The van der Waals surface area contributed by atoms with Crippen LogP contribution in [0.4, 0.5) is 0 Å². The monoisotopic (exact) mass is 676 g/mol. The first-order valence-corrected chi connectivity index (χ1v) is 17.9. The zero-order valence-electron chi connectivity index (χ0n) is 28.9. The van der Waals surface area contributed by atoms with Crippen LogP contribution in [0.2, 0.25) is 0 Å². The lowest BCUT2D eigenvalue weighted by Crippen LogP contribution is -2.52. The third-order valence-electron chi connectivity index (χ3n) is 8.63. The molecule has 1 aliphatic rings. The van der Waals surface area contributed by atoms with Crippen molar-refractivity contribution in [3.63, 3.8) is 0 Å². The van der Waals surface area contributed by atoms with Crippen molar-refractivity contribution in [2.75, 3.05) is 59.3 Å². The Morgan fingerprint density at radius 1 is 0.667 bits per heavy atom. The predicted octanol–water partition coefficient (Wildman–Crippen LogP) is 2.25. The highest BCUT2D eigenvalue weighted by atomic mass is 16.5. The van der Waals surface area contributed by atoms with Crippen molar-refractivity contribution in [3.05, 3.63) is 35.9 Å². The Labute approximate surface area is 286 Å². The third-order valence-corrected chi connectivity index (χ3v) is 8.63. The summed E-state index contributed by atoms with van der Waals surface area (Å²) >= 11 is 0. The molecule has 0 unspecified atom stereocenters. The Morgan fingerprint density at radius 3 is 1.69 bits per heavy atom. The molecule has 272 valence electrons. The van der Waals surface area contributed by atoms with E-state index in [9.17, 15) is 19.2 Å². The quantitative estimate of drug-likeness (QED) is 0.0811. The summed E-state index contributed by atoms with van der Waals surface area (Å²) in [5.41, 5.74) is 0.912. The van der Waals surface area contributed by atoms with Gasteiger partial charge in [-0.15, -0.1) is 0 Å². The van der Waals surface area contributed by atoms with E-state index in [1.807, 2.05) is 30.3 Å². The van der Waals surface area contributed by atoms with Gasteiger partial charge in [-0.05, 0) is 31.2 Å².